The molecule has 1 aromatic rings. The van der Waals surface area contributed by atoms with Crippen molar-refractivity contribution in [2.75, 3.05) is 19.6 Å². The zero-order valence-corrected chi connectivity index (χ0v) is 12.3. The van der Waals surface area contributed by atoms with E-state index in [2.05, 4.69) is 34.6 Å². The standard InChI is InChI=1S/C16H23N3O2/c17-18-16(20)15-6-5-14(21-15)11-19-9-7-12-3-1-2-4-13(12)8-10-19/h1-4,14-15H,5-11,17H2,(H,18,20). The molecule has 21 heavy (non-hydrogen) atoms. The summed E-state index contributed by atoms with van der Waals surface area (Å²) in [7, 11) is 0. The van der Waals surface area contributed by atoms with Crippen LogP contribution in [0.5, 0.6) is 0 Å². The van der Waals surface area contributed by atoms with Gasteiger partial charge in [-0.05, 0) is 36.8 Å². The number of hydrogen-bond donors (Lipinski definition) is 2. The Morgan fingerprint density at radius 3 is 2.52 bits per heavy atom. The molecule has 1 aromatic carbocycles. The molecule has 5 nitrogen and oxygen atoms in total. The van der Waals surface area contributed by atoms with Crippen molar-refractivity contribution in [3.05, 3.63) is 35.4 Å². The van der Waals surface area contributed by atoms with Crippen molar-refractivity contribution in [1.82, 2.24) is 10.3 Å². The lowest BCUT2D eigenvalue weighted by Crippen LogP contribution is -2.40. The molecular weight excluding hydrogens is 266 g/mol. The highest BCUT2D eigenvalue weighted by Gasteiger charge is 2.31. The van der Waals surface area contributed by atoms with E-state index in [1.165, 1.54) is 11.1 Å². The van der Waals surface area contributed by atoms with E-state index < -0.39 is 0 Å². The molecule has 0 aromatic heterocycles. The summed E-state index contributed by atoms with van der Waals surface area (Å²) in [6.45, 7) is 3.03. The van der Waals surface area contributed by atoms with Gasteiger partial charge in [-0.1, -0.05) is 24.3 Å². The van der Waals surface area contributed by atoms with Gasteiger partial charge in [0.05, 0.1) is 6.10 Å². The zero-order chi connectivity index (χ0) is 14.7. The lowest BCUT2D eigenvalue weighted by molar-refractivity contribution is -0.132. The topological polar surface area (TPSA) is 67.6 Å². The average molecular weight is 289 g/mol. The lowest BCUT2D eigenvalue weighted by atomic mass is 10.0. The molecule has 2 atom stereocenters. The molecule has 0 radical (unpaired) electrons. The maximum absolute atomic E-state index is 11.5. The number of carbonyl (C=O) groups excluding carboxylic acids is 1. The summed E-state index contributed by atoms with van der Waals surface area (Å²) in [6, 6.07) is 8.69. The number of nitrogens with two attached hydrogens (primary N) is 1. The van der Waals surface area contributed by atoms with E-state index in [1.807, 2.05) is 0 Å². The number of rotatable bonds is 3. The van der Waals surface area contributed by atoms with Gasteiger partial charge in [-0.25, -0.2) is 5.84 Å². The van der Waals surface area contributed by atoms with Crippen LogP contribution in [-0.4, -0.2) is 42.6 Å². The first-order chi connectivity index (χ1) is 10.3. The van der Waals surface area contributed by atoms with E-state index in [0.717, 1.165) is 45.3 Å². The van der Waals surface area contributed by atoms with Crippen molar-refractivity contribution in [3.8, 4) is 0 Å². The Morgan fingerprint density at radius 1 is 1.24 bits per heavy atom. The lowest BCUT2D eigenvalue weighted by Gasteiger charge is -2.23. The van der Waals surface area contributed by atoms with Crippen LogP contribution in [0.3, 0.4) is 0 Å². The minimum atomic E-state index is -0.371. The van der Waals surface area contributed by atoms with E-state index >= 15 is 0 Å². The molecule has 1 saturated heterocycles. The van der Waals surface area contributed by atoms with Gasteiger partial charge in [0.25, 0.3) is 5.91 Å². The molecule has 2 aliphatic rings. The average Bonchev–Trinajstić information content (AvgIpc) is 2.88. The van der Waals surface area contributed by atoms with Gasteiger partial charge in [0.15, 0.2) is 0 Å². The Kier molecular flexibility index (Phi) is 4.53. The zero-order valence-electron chi connectivity index (χ0n) is 12.3. The molecule has 2 heterocycles. The number of hydrogen-bond acceptors (Lipinski definition) is 4. The number of nitrogens with zero attached hydrogens (tertiary/aromatic N) is 1. The Labute approximate surface area is 125 Å². The summed E-state index contributed by atoms with van der Waals surface area (Å²) in [4.78, 5) is 13.9. The fourth-order valence-electron chi connectivity index (χ4n) is 3.31. The van der Waals surface area contributed by atoms with E-state index in [4.69, 9.17) is 10.6 Å². The highest BCUT2D eigenvalue weighted by molar-refractivity contribution is 5.80. The molecule has 1 amide bonds. The first-order valence-corrected chi connectivity index (χ1v) is 7.71. The highest BCUT2D eigenvalue weighted by Crippen LogP contribution is 2.22. The Hall–Kier alpha value is -1.43. The molecule has 0 aliphatic carbocycles. The second-order valence-corrected chi connectivity index (χ2v) is 5.90. The van der Waals surface area contributed by atoms with Gasteiger partial charge in [-0.3, -0.25) is 10.2 Å². The molecule has 114 valence electrons. The van der Waals surface area contributed by atoms with Gasteiger partial charge in [-0.2, -0.15) is 0 Å². The Bertz CT molecular complexity index is 479. The van der Waals surface area contributed by atoms with Gasteiger partial charge in [0.1, 0.15) is 6.10 Å². The van der Waals surface area contributed by atoms with Crippen LogP contribution in [0, 0.1) is 0 Å². The fourth-order valence-corrected chi connectivity index (χ4v) is 3.31. The van der Waals surface area contributed by atoms with Crippen molar-refractivity contribution < 1.29 is 9.53 Å². The third-order valence-corrected chi connectivity index (χ3v) is 4.52. The number of ether oxygens (including phenoxy) is 1. The number of benzene rings is 1. The maximum atomic E-state index is 11.5. The van der Waals surface area contributed by atoms with Gasteiger partial charge < -0.3 is 9.64 Å². The first-order valence-electron chi connectivity index (χ1n) is 7.71. The molecular formula is C16H23N3O2. The number of amides is 1. The SMILES string of the molecule is NNC(=O)C1CCC(CN2CCc3ccccc3CC2)O1. The molecule has 1 fully saturated rings. The van der Waals surface area contributed by atoms with Crippen LogP contribution in [0.2, 0.25) is 0 Å². The summed E-state index contributed by atoms with van der Waals surface area (Å²) < 4.78 is 5.80. The quantitative estimate of drug-likeness (QED) is 0.486. The Balaban J connectivity index is 1.52. The molecule has 0 saturated carbocycles. The van der Waals surface area contributed by atoms with Crippen LogP contribution in [0.25, 0.3) is 0 Å². The second kappa shape index (κ2) is 6.56. The number of fused-ring (bicyclic) bond motifs is 1. The molecule has 0 bridgehead atoms. The fraction of sp³-hybridized carbons (Fsp3) is 0.562. The summed E-state index contributed by atoms with van der Waals surface area (Å²) >= 11 is 0. The van der Waals surface area contributed by atoms with Crippen LogP contribution < -0.4 is 11.3 Å². The van der Waals surface area contributed by atoms with E-state index in [1.54, 1.807) is 0 Å². The summed E-state index contributed by atoms with van der Waals surface area (Å²) in [6.07, 6.45) is 3.66. The molecule has 0 spiro atoms. The van der Waals surface area contributed by atoms with Crippen molar-refractivity contribution in [1.29, 1.82) is 0 Å². The van der Waals surface area contributed by atoms with Crippen molar-refractivity contribution in [2.24, 2.45) is 5.84 Å². The Morgan fingerprint density at radius 2 is 1.90 bits per heavy atom. The summed E-state index contributed by atoms with van der Waals surface area (Å²) in [5.74, 6) is 4.95. The van der Waals surface area contributed by atoms with E-state index in [9.17, 15) is 4.79 Å². The summed E-state index contributed by atoms with van der Waals surface area (Å²) in [5, 5.41) is 0. The molecule has 3 N–H and O–H groups in total. The minimum Gasteiger partial charge on any atom is -0.364 e. The van der Waals surface area contributed by atoms with E-state index in [0.29, 0.717) is 0 Å². The van der Waals surface area contributed by atoms with Crippen molar-refractivity contribution in [3.63, 3.8) is 0 Å². The smallest absolute Gasteiger partial charge is 0.263 e. The van der Waals surface area contributed by atoms with Crippen LogP contribution >= 0.6 is 0 Å². The predicted octanol–water partition coefficient (Wildman–Crippen LogP) is 0.625. The molecule has 2 aliphatic heterocycles. The molecule has 5 heteroatoms. The second-order valence-electron chi connectivity index (χ2n) is 5.90. The number of nitrogens with one attached hydrogen (secondary N) is 1. The van der Waals surface area contributed by atoms with E-state index in [-0.39, 0.29) is 18.1 Å². The predicted molar refractivity (Wildman–Crippen MR) is 80.5 cm³/mol. The van der Waals surface area contributed by atoms with Gasteiger partial charge >= 0.3 is 0 Å². The van der Waals surface area contributed by atoms with Crippen molar-refractivity contribution in [2.45, 2.75) is 37.9 Å². The normalized spacial score (nSPS) is 26.1. The molecule has 2 unspecified atom stereocenters. The van der Waals surface area contributed by atoms with Crippen LogP contribution in [0.1, 0.15) is 24.0 Å². The van der Waals surface area contributed by atoms with Crippen molar-refractivity contribution >= 4 is 5.91 Å². The molecule has 3 rings (SSSR count). The van der Waals surface area contributed by atoms with Crippen LogP contribution in [-0.2, 0) is 22.4 Å². The third-order valence-electron chi connectivity index (χ3n) is 4.52. The van der Waals surface area contributed by atoms with Gasteiger partial charge in [-0.15, -0.1) is 0 Å². The van der Waals surface area contributed by atoms with Crippen LogP contribution in [0.4, 0.5) is 0 Å². The maximum Gasteiger partial charge on any atom is 0.263 e. The monoisotopic (exact) mass is 289 g/mol. The van der Waals surface area contributed by atoms with Crippen LogP contribution in [0.15, 0.2) is 24.3 Å². The highest BCUT2D eigenvalue weighted by atomic mass is 16.5. The number of carbonyl (C=O) groups is 1. The number of hydrazine groups is 1. The van der Waals surface area contributed by atoms with Gasteiger partial charge in [0.2, 0.25) is 0 Å². The van der Waals surface area contributed by atoms with Gasteiger partial charge in [0, 0.05) is 19.6 Å². The third kappa shape index (κ3) is 3.43. The largest absolute Gasteiger partial charge is 0.364 e. The summed E-state index contributed by atoms with van der Waals surface area (Å²) in [5.41, 5.74) is 5.11. The minimum absolute atomic E-state index is 0.147. The first kappa shape index (κ1) is 14.5.